The minimum atomic E-state index is -5.18. The SMILES string of the molecule is CCOC(=O)NC(Nc1ccc(C)cc1)(C(=O)OCC)C(F)(F)F. The second kappa shape index (κ2) is 7.89. The van der Waals surface area contributed by atoms with Crippen molar-refractivity contribution in [2.24, 2.45) is 0 Å². The number of anilines is 1. The van der Waals surface area contributed by atoms with Gasteiger partial charge in [-0.1, -0.05) is 17.7 Å². The minimum Gasteiger partial charge on any atom is -0.463 e. The number of carbonyl (C=O) groups is 2. The zero-order valence-electron chi connectivity index (χ0n) is 13.5. The number of halogens is 3. The first-order valence-electron chi connectivity index (χ1n) is 7.20. The van der Waals surface area contributed by atoms with Crippen molar-refractivity contribution >= 4 is 17.7 Å². The Kier molecular flexibility index (Phi) is 6.44. The number of rotatable bonds is 6. The van der Waals surface area contributed by atoms with E-state index in [2.05, 4.69) is 9.47 Å². The van der Waals surface area contributed by atoms with Crippen LogP contribution < -0.4 is 10.6 Å². The number of alkyl halides is 3. The van der Waals surface area contributed by atoms with E-state index in [-0.39, 0.29) is 18.9 Å². The lowest BCUT2D eigenvalue weighted by atomic mass is 10.1. The maximum Gasteiger partial charge on any atom is 0.442 e. The average Bonchev–Trinajstić information content (AvgIpc) is 2.48. The van der Waals surface area contributed by atoms with Gasteiger partial charge in [0.1, 0.15) is 0 Å². The number of ether oxygens (including phenoxy) is 2. The van der Waals surface area contributed by atoms with E-state index < -0.39 is 23.9 Å². The molecule has 134 valence electrons. The minimum absolute atomic E-state index is 0.0252. The van der Waals surface area contributed by atoms with Crippen molar-refractivity contribution in [2.75, 3.05) is 18.5 Å². The second-order valence-corrected chi connectivity index (χ2v) is 4.80. The van der Waals surface area contributed by atoms with Gasteiger partial charge in [-0.2, -0.15) is 13.2 Å². The molecule has 1 amide bonds. The van der Waals surface area contributed by atoms with Crippen molar-refractivity contribution in [1.29, 1.82) is 0 Å². The molecular formula is C15H19F3N2O4. The van der Waals surface area contributed by atoms with Gasteiger partial charge in [0.15, 0.2) is 0 Å². The molecule has 0 fully saturated rings. The molecule has 1 atom stereocenters. The van der Waals surface area contributed by atoms with E-state index in [0.29, 0.717) is 0 Å². The van der Waals surface area contributed by atoms with Gasteiger partial charge in [0.25, 0.3) is 0 Å². The van der Waals surface area contributed by atoms with Crippen LogP contribution in [0.3, 0.4) is 0 Å². The zero-order valence-corrected chi connectivity index (χ0v) is 13.5. The fraction of sp³-hybridized carbons (Fsp3) is 0.467. The Morgan fingerprint density at radius 3 is 2.04 bits per heavy atom. The Morgan fingerprint density at radius 1 is 1.04 bits per heavy atom. The first kappa shape index (κ1) is 19.6. The van der Waals surface area contributed by atoms with Crippen LogP contribution in [-0.2, 0) is 14.3 Å². The first-order valence-corrected chi connectivity index (χ1v) is 7.20. The quantitative estimate of drug-likeness (QED) is 0.611. The van der Waals surface area contributed by atoms with E-state index in [4.69, 9.17) is 0 Å². The molecule has 6 nitrogen and oxygen atoms in total. The largest absolute Gasteiger partial charge is 0.463 e. The Morgan fingerprint density at radius 2 is 1.58 bits per heavy atom. The molecule has 24 heavy (non-hydrogen) atoms. The molecule has 9 heteroatoms. The third kappa shape index (κ3) is 4.53. The summed E-state index contributed by atoms with van der Waals surface area (Å²) in [5.41, 5.74) is -2.68. The van der Waals surface area contributed by atoms with E-state index in [1.165, 1.54) is 26.0 Å². The fourth-order valence-corrected chi connectivity index (χ4v) is 1.80. The number of nitrogens with one attached hydrogen (secondary N) is 2. The summed E-state index contributed by atoms with van der Waals surface area (Å²) in [6.45, 7) is 4.08. The highest BCUT2D eigenvalue weighted by molar-refractivity contribution is 5.89. The molecule has 1 unspecified atom stereocenters. The maximum absolute atomic E-state index is 13.7. The smallest absolute Gasteiger partial charge is 0.442 e. The summed E-state index contributed by atoms with van der Waals surface area (Å²) in [6, 6.07) is 5.81. The molecule has 0 saturated carbocycles. The van der Waals surface area contributed by atoms with E-state index in [0.717, 1.165) is 5.56 Å². The zero-order chi connectivity index (χ0) is 18.4. The van der Waals surface area contributed by atoms with Crippen LogP contribution >= 0.6 is 0 Å². The van der Waals surface area contributed by atoms with Crippen molar-refractivity contribution in [1.82, 2.24) is 5.32 Å². The summed E-state index contributed by atoms with van der Waals surface area (Å²) >= 11 is 0. The van der Waals surface area contributed by atoms with Crippen molar-refractivity contribution in [2.45, 2.75) is 32.6 Å². The summed E-state index contributed by atoms with van der Waals surface area (Å²) in [4.78, 5) is 23.6. The van der Waals surface area contributed by atoms with E-state index >= 15 is 0 Å². The number of hydrogen-bond acceptors (Lipinski definition) is 5. The van der Waals surface area contributed by atoms with Crippen molar-refractivity contribution in [3.63, 3.8) is 0 Å². The summed E-state index contributed by atoms with van der Waals surface area (Å²) in [6.07, 6.45) is -6.58. The fourth-order valence-electron chi connectivity index (χ4n) is 1.80. The van der Waals surface area contributed by atoms with Gasteiger partial charge in [0, 0.05) is 5.69 Å². The van der Waals surface area contributed by atoms with Crippen LogP contribution in [-0.4, -0.2) is 37.1 Å². The highest BCUT2D eigenvalue weighted by Gasteiger charge is 2.64. The van der Waals surface area contributed by atoms with Gasteiger partial charge < -0.3 is 14.8 Å². The molecule has 2 N–H and O–H groups in total. The molecule has 1 rings (SSSR count). The highest BCUT2D eigenvalue weighted by atomic mass is 19.4. The Hall–Kier alpha value is -2.45. The van der Waals surface area contributed by atoms with Gasteiger partial charge in [-0.3, -0.25) is 5.32 Å². The average molecular weight is 348 g/mol. The van der Waals surface area contributed by atoms with Gasteiger partial charge in [0.05, 0.1) is 13.2 Å². The van der Waals surface area contributed by atoms with Gasteiger partial charge in [-0.05, 0) is 32.9 Å². The number of aryl methyl sites for hydroxylation is 1. The predicted molar refractivity (Wildman–Crippen MR) is 80.4 cm³/mol. The Balaban J connectivity index is 3.30. The number of carbonyl (C=O) groups excluding carboxylic acids is 2. The summed E-state index contributed by atoms with van der Waals surface area (Å²) in [5, 5.41) is 3.57. The summed E-state index contributed by atoms with van der Waals surface area (Å²) in [5.74, 6) is -1.69. The van der Waals surface area contributed by atoms with Gasteiger partial charge in [-0.15, -0.1) is 0 Å². The predicted octanol–water partition coefficient (Wildman–Crippen LogP) is 2.97. The molecular weight excluding hydrogens is 329 g/mol. The second-order valence-electron chi connectivity index (χ2n) is 4.80. The molecule has 0 heterocycles. The lowest BCUT2D eigenvalue weighted by molar-refractivity contribution is -0.205. The lowest BCUT2D eigenvalue weighted by Crippen LogP contribution is -2.69. The normalized spacial score (nSPS) is 13.6. The molecule has 0 aliphatic carbocycles. The standard InChI is InChI=1S/C15H19F3N2O4/c1-4-23-12(21)14(15(16,17)18,20-13(22)24-5-2)19-11-8-6-10(3)7-9-11/h6-9,19H,4-5H2,1-3H3,(H,20,22). The van der Waals surface area contributed by atoms with E-state index in [9.17, 15) is 22.8 Å². The lowest BCUT2D eigenvalue weighted by Gasteiger charge is -2.34. The number of alkyl carbamates (subject to hydrolysis) is 1. The number of hydrogen-bond donors (Lipinski definition) is 2. The molecule has 1 aromatic carbocycles. The van der Waals surface area contributed by atoms with Crippen LogP contribution in [0.15, 0.2) is 24.3 Å². The highest BCUT2D eigenvalue weighted by Crippen LogP contribution is 2.33. The van der Waals surface area contributed by atoms with Crippen LogP contribution in [0.5, 0.6) is 0 Å². The van der Waals surface area contributed by atoms with Crippen LogP contribution in [0.4, 0.5) is 23.7 Å². The van der Waals surface area contributed by atoms with Gasteiger partial charge in [-0.25, -0.2) is 9.59 Å². The third-order valence-corrected chi connectivity index (χ3v) is 2.96. The molecule has 0 aliphatic rings. The number of esters is 1. The molecule has 0 aliphatic heterocycles. The monoisotopic (exact) mass is 348 g/mol. The summed E-state index contributed by atoms with van der Waals surface area (Å²) in [7, 11) is 0. The number of amides is 1. The maximum atomic E-state index is 13.7. The number of benzene rings is 1. The Bertz CT molecular complexity index is 575. The molecule has 0 aromatic heterocycles. The third-order valence-electron chi connectivity index (χ3n) is 2.96. The van der Waals surface area contributed by atoms with Crippen LogP contribution in [0.25, 0.3) is 0 Å². The summed E-state index contributed by atoms with van der Waals surface area (Å²) < 4.78 is 50.0. The van der Waals surface area contributed by atoms with Gasteiger partial charge >= 0.3 is 23.9 Å². The topological polar surface area (TPSA) is 76.7 Å². The van der Waals surface area contributed by atoms with Crippen LogP contribution in [0.2, 0.25) is 0 Å². The van der Waals surface area contributed by atoms with Crippen LogP contribution in [0, 0.1) is 6.92 Å². The van der Waals surface area contributed by atoms with Gasteiger partial charge in [0.2, 0.25) is 0 Å². The first-order chi connectivity index (χ1) is 11.2. The molecule has 1 aromatic rings. The van der Waals surface area contributed by atoms with Crippen molar-refractivity contribution in [3.8, 4) is 0 Å². The van der Waals surface area contributed by atoms with Crippen molar-refractivity contribution in [3.05, 3.63) is 29.8 Å². The van der Waals surface area contributed by atoms with E-state index in [1.807, 2.05) is 5.32 Å². The van der Waals surface area contributed by atoms with Crippen molar-refractivity contribution < 1.29 is 32.2 Å². The molecule has 0 spiro atoms. The molecule has 0 bridgehead atoms. The molecule has 0 saturated heterocycles. The van der Waals surface area contributed by atoms with E-state index in [1.54, 1.807) is 24.4 Å². The molecule has 0 radical (unpaired) electrons. The Labute approximate surface area is 137 Å². The van der Waals surface area contributed by atoms with Crippen LogP contribution in [0.1, 0.15) is 19.4 Å².